The molecular weight excluding hydrogens is 426 g/mol. The summed E-state index contributed by atoms with van der Waals surface area (Å²) in [5.74, 6) is 1.20. The SMILES string of the molecule is CC(=O)Nc1ccc(C(=O)C(C)Sc2nnc(-c3cccnc3)n2Cc2ccco2)cc1. The van der Waals surface area contributed by atoms with Crippen LogP contribution in [0.3, 0.4) is 0 Å². The van der Waals surface area contributed by atoms with Crippen LogP contribution in [-0.4, -0.2) is 36.7 Å². The zero-order valence-electron chi connectivity index (χ0n) is 17.6. The van der Waals surface area contributed by atoms with Crippen LogP contribution < -0.4 is 5.32 Å². The van der Waals surface area contributed by atoms with Crippen molar-refractivity contribution >= 4 is 29.1 Å². The minimum atomic E-state index is -0.400. The van der Waals surface area contributed by atoms with E-state index in [1.807, 2.05) is 35.8 Å². The number of nitrogens with zero attached hydrogens (tertiary/aromatic N) is 4. The van der Waals surface area contributed by atoms with Crippen molar-refractivity contribution < 1.29 is 14.0 Å². The molecule has 0 aliphatic heterocycles. The molecule has 3 aromatic heterocycles. The van der Waals surface area contributed by atoms with E-state index in [9.17, 15) is 9.59 Å². The summed E-state index contributed by atoms with van der Waals surface area (Å²) >= 11 is 1.33. The number of rotatable bonds is 8. The van der Waals surface area contributed by atoms with Gasteiger partial charge in [0.05, 0.1) is 18.1 Å². The molecule has 1 amide bonds. The Balaban J connectivity index is 1.57. The van der Waals surface area contributed by atoms with Gasteiger partial charge in [-0.3, -0.25) is 19.1 Å². The Kier molecular flexibility index (Phi) is 6.46. The molecule has 0 bridgehead atoms. The number of amides is 1. The Bertz CT molecular complexity index is 1200. The third-order valence-corrected chi connectivity index (χ3v) is 5.75. The lowest BCUT2D eigenvalue weighted by Crippen LogP contribution is -2.15. The first kappa shape index (κ1) is 21.5. The maximum atomic E-state index is 13.0. The van der Waals surface area contributed by atoms with E-state index >= 15 is 0 Å². The molecule has 0 spiro atoms. The third-order valence-electron chi connectivity index (χ3n) is 4.67. The van der Waals surface area contributed by atoms with E-state index in [0.29, 0.717) is 28.8 Å². The Morgan fingerprint density at radius 3 is 2.59 bits per heavy atom. The number of hydrogen-bond acceptors (Lipinski definition) is 7. The van der Waals surface area contributed by atoms with Gasteiger partial charge in [0, 0.05) is 36.1 Å². The van der Waals surface area contributed by atoms with E-state index in [-0.39, 0.29) is 11.7 Å². The number of nitrogens with one attached hydrogen (secondary N) is 1. The van der Waals surface area contributed by atoms with Crippen LogP contribution in [0.4, 0.5) is 5.69 Å². The minimum absolute atomic E-state index is 0.0418. The van der Waals surface area contributed by atoms with E-state index in [1.165, 1.54) is 18.7 Å². The number of furan rings is 1. The van der Waals surface area contributed by atoms with Crippen molar-refractivity contribution in [2.75, 3.05) is 5.32 Å². The smallest absolute Gasteiger partial charge is 0.221 e. The number of pyridine rings is 1. The minimum Gasteiger partial charge on any atom is -0.467 e. The van der Waals surface area contributed by atoms with Crippen molar-refractivity contribution in [2.45, 2.75) is 30.8 Å². The van der Waals surface area contributed by atoms with E-state index < -0.39 is 5.25 Å². The highest BCUT2D eigenvalue weighted by atomic mass is 32.2. The summed E-state index contributed by atoms with van der Waals surface area (Å²) < 4.78 is 7.44. The number of hydrogen-bond donors (Lipinski definition) is 1. The second-order valence-electron chi connectivity index (χ2n) is 7.10. The van der Waals surface area contributed by atoms with Gasteiger partial charge in [-0.25, -0.2) is 0 Å². The Labute approximate surface area is 189 Å². The summed E-state index contributed by atoms with van der Waals surface area (Å²) in [6.45, 7) is 3.71. The summed E-state index contributed by atoms with van der Waals surface area (Å²) in [6, 6.07) is 14.3. The molecule has 0 aliphatic rings. The van der Waals surface area contributed by atoms with E-state index in [2.05, 4.69) is 20.5 Å². The van der Waals surface area contributed by atoms with Crippen LogP contribution in [0, 0.1) is 0 Å². The summed E-state index contributed by atoms with van der Waals surface area (Å²) in [4.78, 5) is 28.4. The van der Waals surface area contributed by atoms with Crippen molar-refractivity contribution in [3.8, 4) is 11.4 Å². The molecule has 4 rings (SSSR count). The lowest BCUT2D eigenvalue weighted by molar-refractivity contribution is -0.114. The topological polar surface area (TPSA) is 103 Å². The second-order valence-corrected chi connectivity index (χ2v) is 8.40. The van der Waals surface area contributed by atoms with Gasteiger partial charge in [0.25, 0.3) is 0 Å². The van der Waals surface area contributed by atoms with Gasteiger partial charge in [-0.2, -0.15) is 0 Å². The number of thioether (sulfide) groups is 1. The highest BCUT2D eigenvalue weighted by molar-refractivity contribution is 8.00. The lowest BCUT2D eigenvalue weighted by atomic mass is 10.1. The maximum absolute atomic E-state index is 13.0. The summed E-state index contributed by atoms with van der Waals surface area (Å²) in [7, 11) is 0. The molecule has 1 aromatic carbocycles. The number of carbonyl (C=O) groups excluding carboxylic acids is 2. The molecule has 0 saturated heterocycles. The molecule has 1 atom stereocenters. The molecular formula is C23H21N5O3S. The first-order valence-corrected chi connectivity index (χ1v) is 10.8. The molecule has 9 heteroatoms. The standard InChI is InChI=1S/C23H21N5O3S/c1-15(21(30)17-7-9-19(10-8-17)25-16(2)29)32-23-27-26-22(18-5-3-11-24-13-18)28(23)14-20-6-4-12-31-20/h3-13,15H,14H2,1-2H3,(H,25,29). The number of anilines is 1. The summed E-state index contributed by atoms with van der Waals surface area (Å²) in [5.41, 5.74) is 2.03. The molecule has 0 fully saturated rings. The van der Waals surface area contributed by atoms with Crippen LogP contribution in [0.5, 0.6) is 0 Å². The van der Waals surface area contributed by atoms with Crippen molar-refractivity contribution in [1.82, 2.24) is 19.7 Å². The van der Waals surface area contributed by atoms with Crippen LogP contribution in [0.15, 0.2) is 76.8 Å². The van der Waals surface area contributed by atoms with Crippen molar-refractivity contribution in [3.05, 3.63) is 78.5 Å². The number of Topliss-reactive ketones (excluding diaryl/α,β-unsaturated/α-hetero) is 1. The first-order chi connectivity index (χ1) is 15.5. The Morgan fingerprint density at radius 1 is 1.12 bits per heavy atom. The normalized spacial score (nSPS) is 11.8. The van der Waals surface area contributed by atoms with Gasteiger partial charge < -0.3 is 9.73 Å². The van der Waals surface area contributed by atoms with Crippen LogP contribution in [0.25, 0.3) is 11.4 Å². The number of aromatic nitrogens is 4. The Hall–Kier alpha value is -3.72. The highest BCUT2D eigenvalue weighted by Gasteiger charge is 2.22. The number of benzene rings is 1. The quantitative estimate of drug-likeness (QED) is 0.317. The molecule has 8 nitrogen and oxygen atoms in total. The maximum Gasteiger partial charge on any atom is 0.221 e. The zero-order valence-corrected chi connectivity index (χ0v) is 18.4. The van der Waals surface area contributed by atoms with Crippen molar-refractivity contribution in [3.63, 3.8) is 0 Å². The van der Waals surface area contributed by atoms with Gasteiger partial charge in [0.2, 0.25) is 5.91 Å². The number of carbonyl (C=O) groups is 2. The van der Waals surface area contributed by atoms with Crippen molar-refractivity contribution in [2.24, 2.45) is 0 Å². The van der Waals surface area contributed by atoms with Crippen LogP contribution >= 0.6 is 11.8 Å². The molecule has 0 radical (unpaired) electrons. The van der Waals surface area contributed by atoms with Gasteiger partial charge in [-0.05, 0) is 55.5 Å². The van der Waals surface area contributed by atoms with Gasteiger partial charge in [0.1, 0.15) is 5.76 Å². The van der Waals surface area contributed by atoms with Crippen LogP contribution in [0.1, 0.15) is 30.0 Å². The van der Waals surface area contributed by atoms with Crippen LogP contribution in [0.2, 0.25) is 0 Å². The van der Waals surface area contributed by atoms with E-state index in [4.69, 9.17) is 4.42 Å². The monoisotopic (exact) mass is 447 g/mol. The summed E-state index contributed by atoms with van der Waals surface area (Å²) in [6.07, 6.45) is 5.04. The predicted molar refractivity (Wildman–Crippen MR) is 121 cm³/mol. The summed E-state index contributed by atoms with van der Waals surface area (Å²) in [5, 5.41) is 11.6. The van der Waals surface area contributed by atoms with E-state index in [1.54, 1.807) is 42.9 Å². The van der Waals surface area contributed by atoms with Gasteiger partial charge >= 0.3 is 0 Å². The third kappa shape index (κ3) is 4.94. The predicted octanol–water partition coefficient (Wildman–Crippen LogP) is 4.30. The first-order valence-electron chi connectivity index (χ1n) is 9.96. The lowest BCUT2D eigenvalue weighted by Gasteiger charge is -2.13. The largest absolute Gasteiger partial charge is 0.467 e. The average Bonchev–Trinajstić information content (AvgIpc) is 3.45. The molecule has 0 aliphatic carbocycles. The van der Waals surface area contributed by atoms with Gasteiger partial charge in [-0.1, -0.05) is 11.8 Å². The van der Waals surface area contributed by atoms with E-state index in [0.717, 1.165) is 11.3 Å². The second kappa shape index (κ2) is 9.61. The zero-order chi connectivity index (χ0) is 22.5. The van der Waals surface area contributed by atoms with Crippen molar-refractivity contribution in [1.29, 1.82) is 0 Å². The fourth-order valence-corrected chi connectivity index (χ4v) is 4.08. The molecule has 1 unspecified atom stereocenters. The molecule has 3 heterocycles. The molecule has 0 saturated carbocycles. The molecule has 32 heavy (non-hydrogen) atoms. The average molecular weight is 448 g/mol. The fourth-order valence-electron chi connectivity index (χ4n) is 3.15. The number of ketones is 1. The molecule has 162 valence electrons. The Morgan fingerprint density at radius 2 is 1.94 bits per heavy atom. The fraction of sp³-hybridized carbons (Fsp3) is 0.174. The van der Waals surface area contributed by atoms with Crippen LogP contribution in [-0.2, 0) is 11.3 Å². The molecule has 4 aromatic rings. The molecule has 1 N–H and O–H groups in total. The highest BCUT2D eigenvalue weighted by Crippen LogP contribution is 2.29. The van der Waals surface area contributed by atoms with Gasteiger partial charge in [0.15, 0.2) is 16.8 Å². The van der Waals surface area contributed by atoms with Gasteiger partial charge in [-0.15, -0.1) is 10.2 Å².